The molecule has 0 bridgehead atoms. The Morgan fingerprint density at radius 1 is 1.27 bits per heavy atom. The third kappa shape index (κ3) is 6.06. The molecule has 0 unspecified atom stereocenters. The monoisotopic (exact) mass is 215 g/mol. The second-order valence-electron chi connectivity index (χ2n) is 4.12. The van der Waals surface area contributed by atoms with E-state index in [1.807, 2.05) is 27.7 Å². The van der Waals surface area contributed by atoms with Gasteiger partial charge in [0.05, 0.1) is 13.1 Å². The molecule has 0 atom stereocenters. The molecule has 0 spiro atoms. The Morgan fingerprint density at radius 3 is 2.13 bits per heavy atom. The van der Waals surface area contributed by atoms with Gasteiger partial charge in [0.25, 0.3) is 0 Å². The van der Waals surface area contributed by atoms with Crippen LogP contribution in [-0.4, -0.2) is 41.9 Å². The zero-order valence-corrected chi connectivity index (χ0v) is 9.91. The highest BCUT2D eigenvalue weighted by atomic mass is 16.2. The average Bonchev–Trinajstić information content (AvgIpc) is 2.09. The van der Waals surface area contributed by atoms with Gasteiger partial charge < -0.3 is 16.0 Å². The number of carbonyl (C=O) groups is 2. The minimum atomic E-state index is -0.485. The van der Waals surface area contributed by atoms with Crippen molar-refractivity contribution in [1.82, 2.24) is 10.2 Å². The van der Waals surface area contributed by atoms with Gasteiger partial charge in [0.1, 0.15) is 0 Å². The molecule has 0 aromatic rings. The predicted molar refractivity (Wildman–Crippen MR) is 59.2 cm³/mol. The van der Waals surface area contributed by atoms with Gasteiger partial charge in [-0.3, -0.25) is 9.59 Å². The topological polar surface area (TPSA) is 75.4 Å². The van der Waals surface area contributed by atoms with Crippen molar-refractivity contribution in [1.29, 1.82) is 0 Å². The molecule has 0 aliphatic rings. The standard InChI is InChI=1S/C10H21N3O2/c1-7(2)12-5-10(15)13(8(3)4)6-9(11)14/h7-8,12H,5-6H2,1-4H3,(H2,11,14). The fourth-order valence-corrected chi connectivity index (χ4v) is 1.12. The second kappa shape index (κ2) is 6.40. The van der Waals surface area contributed by atoms with E-state index in [0.717, 1.165) is 0 Å². The van der Waals surface area contributed by atoms with E-state index < -0.39 is 5.91 Å². The Morgan fingerprint density at radius 2 is 1.80 bits per heavy atom. The lowest BCUT2D eigenvalue weighted by Gasteiger charge is -2.25. The van der Waals surface area contributed by atoms with E-state index in [0.29, 0.717) is 0 Å². The molecule has 0 rings (SSSR count). The summed E-state index contributed by atoms with van der Waals surface area (Å²) in [6.07, 6.45) is 0. The molecule has 88 valence electrons. The van der Waals surface area contributed by atoms with Gasteiger partial charge in [-0.25, -0.2) is 0 Å². The zero-order valence-electron chi connectivity index (χ0n) is 9.91. The molecule has 3 N–H and O–H groups in total. The molecule has 0 heterocycles. The van der Waals surface area contributed by atoms with Crippen molar-refractivity contribution in [2.45, 2.75) is 39.8 Å². The maximum Gasteiger partial charge on any atom is 0.237 e. The normalized spacial score (nSPS) is 10.8. The summed E-state index contributed by atoms with van der Waals surface area (Å²) in [5.41, 5.74) is 5.07. The molecular weight excluding hydrogens is 194 g/mol. The van der Waals surface area contributed by atoms with Crippen LogP contribution in [0, 0.1) is 0 Å². The van der Waals surface area contributed by atoms with E-state index in [4.69, 9.17) is 5.73 Å². The van der Waals surface area contributed by atoms with Gasteiger partial charge in [-0.15, -0.1) is 0 Å². The number of nitrogens with zero attached hydrogens (tertiary/aromatic N) is 1. The lowest BCUT2D eigenvalue weighted by Crippen LogP contribution is -2.47. The molecular formula is C10H21N3O2. The molecule has 2 amide bonds. The van der Waals surface area contributed by atoms with Crippen molar-refractivity contribution in [3.63, 3.8) is 0 Å². The van der Waals surface area contributed by atoms with Crippen molar-refractivity contribution in [3.05, 3.63) is 0 Å². The number of nitrogens with one attached hydrogen (secondary N) is 1. The van der Waals surface area contributed by atoms with Gasteiger partial charge in [-0.05, 0) is 13.8 Å². The number of hydrogen-bond acceptors (Lipinski definition) is 3. The van der Waals surface area contributed by atoms with Crippen LogP contribution >= 0.6 is 0 Å². The Labute approximate surface area is 91.0 Å². The molecule has 0 aliphatic carbocycles. The van der Waals surface area contributed by atoms with Gasteiger partial charge in [0, 0.05) is 12.1 Å². The smallest absolute Gasteiger partial charge is 0.237 e. The summed E-state index contributed by atoms with van der Waals surface area (Å²) in [5, 5.41) is 3.01. The lowest BCUT2D eigenvalue weighted by atomic mass is 10.3. The molecule has 0 saturated carbocycles. The first kappa shape index (κ1) is 13.9. The Hall–Kier alpha value is -1.10. The molecule has 5 heteroatoms. The van der Waals surface area contributed by atoms with E-state index in [1.165, 1.54) is 4.90 Å². The van der Waals surface area contributed by atoms with Crippen molar-refractivity contribution in [3.8, 4) is 0 Å². The maximum absolute atomic E-state index is 11.7. The first-order valence-electron chi connectivity index (χ1n) is 5.15. The number of carbonyl (C=O) groups excluding carboxylic acids is 2. The number of amides is 2. The summed E-state index contributed by atoms with van der Waals surface area (Å²) < 4.78 is 0. The van der Waals surface area contributed by atoms with Crippen molar-refractivity contribution >= 4 is 11.8 Å². The van der Waals surface area contributed by atoms with Gasteiger partial charge in [0.15, 0.2) is 0 Å². The first-order chi connectivity index (χ1) is 6.84. The minimum absolute atomic E-state index is 0.0148. The van der Waals surface area contributed by atoms with E-state index in [1.54, 1.807) is 0 Å². The van der Waals surface area contributed by atoms with Crippen LogP contribution in [0.1, 0.15) is 27.7 Å². The van der Waals surface area contributed by atoms with Gasteiger partial charge in [-0.2, -0.15) is 0 Å². The maximum atomic E-state index is 11.7. The summed E-state index contributed by atoms with van der Waals surface area (Å²) in [6, 6.07) is 0.232. The summed E-state index contributed by atoms with van der Waals surface area (Å²) in [4.78, 5) is 23.9. The molecule has 0 aliphatic heterocycles. The van der Waals surface area contributed by atoms with E-state index in [-0.39, 0.29) is 31.1 Å². The predicted octanol–water partition coefficient (Wildman–Crippen LogP) is -0.293. The van der Waals surface area contributed by atoms with Crippen molar-refractivity contribution < 1.29 is 9.59 Å². The average molecular weight is 215 g/mol. The van der Waals surface area contributed by atoms with Gasteiger partial charge in [0.2, 0.25) is 11.8 Å². The molecule has 0 saturated heterocycles. The van der Waals surface area contributed by atoms with Crippen LogP contribution in [0.4, 0.5) is 0 Å². The van der Waals surface area contributed by atoms with Crippen LogP contribution in [-0.2, 0) is 9.59 Å². The number of nitrogens with two attached hydrogens (primary N) is 1. The largest absolute Gasteiger partial charge is 0.368 e. The second-order valence-corrected chi connectivity index (χ2v) is 4.12. The molecule has 0 fully saturated rings. The van der Waals surface area contributed by atoms with E-state index >= 15 is 0 Å². The fourth-order valence-electron chi connectivity index (χ4n) is 1.12. The van der Waals surface area contributed by atoms with Crippen LogP contribution in [0.3, 0.4) is 0 Å². The molecule has 15 heavy (non-hydrogen) atoms. The molecule has 5 nitrogen and oxygen atoms in total. The highest BCUT2D eigenvalue weighted by molar-refractivity contribution is 5.85. The Balaban J connectivity index is 4.23. The summed E-state index contributed by atoms with van der Waals surface area (Å²) >= 11 is 0. The summed E-state index contributed by atoms with van der Waals surface area (Å²) in [5.74, 6) is -0.584. The minimum Gasteiger partial charge on any atom is -0.368 e. The molecule has 0 radical (unpaired) electrons. The molecule has 0 aromatic heterocycles. The molecule has 0 aromatic carbocycles. The Kier molecular flexibility index (Phi) is 5.93. The van der Waals surface area contributed by atoms with Crippen LogP contribution in [0.2, 0.25) is 0 Å². The van der Waals surface area contributed by atoms with Crippen LogP contribution < -0.4 is 11.1 Å². The van der Waals surface area contributed by atoms with Crippen LogP contribution in [0.25, 0.3) is 0 Å². The fraction of sp³-hybridized carbons (Fsp3) is 0.800. The Bertz CT molecular complexity index is 227. The van der Waals surface area contributed by atoms with Crippen molar-refractivity contribution in [2.24, 2.45) is 5.73 Å². The quantitative estimate of drug-likeness (QED) is 0.639. The summed E-state index contributed by atoms with van der Waals surface area (Å²) in [6.45, 7) is 7.86. The highest BCUT2D eigenvalue weighted by Gasteiger charge is 2.18. The SMILES string of the molecule is CC(C)NCC(=O)N(CC(N)=O)C(C)C. The third-order valence-corrected chi connectivity index (χ3v) is 1.93. The number of rotatable bonds is 6. The number of hydrogen-bond donors (Lipinski definition) is 2. The van der Waals surface area contributed by atoms with Gasteiger partial charge in [-0.1, -0.05) is 13.8 Å². The van der Waals surface area contributed by atoms with Gasteiger partial charge >= 0.3 is 0 Å². The zero-order chi connectivity index (χ0) is 12.0. The van der Waals surface area contributed by atoms with Crippen LogP contribution in [0.15, 0.2) is 0 Å². The summed E-state index contributed by atoms with van der Waals surface area (Å²) in [7, 11) is 0. The van der Waals surface area contributed by atoms with E-state index in [9.17, 15) is 9.59 Å². The van der Waals surface area contributed by atoms with Crippen molar-refractivity contribution in [2.75, 3.05) is 13.1 Å². The lowest BCUT2D eigenvalue weighted by molar-refractivity contribution is -0.136. The van der Waals surface area contributed by atoms with E-state index in [2.05, 4.69) is 5.32 Å². The first-order valence-corrected chi connectivity index (χ1v) is 5.15. The van der Waals surface area contributed by atoms with Crippen LogP contribution in [0.5, 0.6) is 0 Å². The highest BCUT2D eigenvalue weighted by Crippen LogP contribution is 1.98. The number of primary amides is 1. The third-order valence-electron chi connectivity index (χ3n) is 1.93.